The maximum absolute atomic E-state index is 5.65. The summed E-state index contributed by atoms with van der Waals surface area (Å²) < 4.78 is 5.65. The maximum Gasteiger partial charge on any atom is 0.191 e. The monoisotopic (exact) mass is 287 g/mol. The van der Waals surface area contributed by atoms with Gasteiger partial charge in [0, 0.05) is 25.7 Å². The van der Waals surface area contributed by atoms with E-state index in [1.807, 2.05) is 18.2 Å². The minimum absolute atomic E-state index is 0.519. The molecule has 0 saturated heterocycles. The van der Waals surface area contributed by atoms with Crippen molar-refractivity contribution < 1.29 is 4.74 Å². The van der Waals surface area contributed by atoms with E-state index in [9.17, 15) is 0 Å². The summed E-state index contributed by atoms with van der Waals surface area (Å²) >= 11 is 0. The molecule has 1 fully saturated rings. The summed E-state index contributed by atoms with van der Waals surface area (Å²) in [7, 11) is 1.80. The molecular weight excluding hydrogens is 262 g/mol. The summed E-state index contributed by atoms with van der Waals surface area (Å²) in [5, 5.41) is 6.69. The van der Waals surface area contributed by atoms with Crippen molar-refractivity contribution >= 4 is 5.96 Å². The lowest BCUT2D eigenvalue weighted by atomic mass is 10.2. The number of para-hydroxylation sites is 1. The number of nitrogens with zero attached hydrogens (tertiary/aromatic N) is 1. The normalized spacial score (nSPS) is 14.6. The fourth-order valence-electron chi connectivity index (χ4n) is 2.14. The molecule has 1 aromatic rings. The fourth-order valence-corrected chi connectivity index (χ4v) is 2.14. The summed E-state index contributed by atoms with van der Waals surface area (Å²) in [4.78, 5) is 4.25. The Morgan fingerprint density at radius 3 is 2.90 bits per heavy atom. The van der Waals surface area contributed by atoms with Crippen molar-refractivity contribution in [3.8, 4) is 5.75 Å². The molecule has 0 aromatic heterocycles. The van der Waals surface area contributed by atoms with Crippen molar-refractivity contribution in [1.29, 1.82) is 0 Å². The Hall–Kier alpha value is -1.97. The van der Waals surface area contributed by atoms with E-state index in [0.29, 0.717) is 13.2 Å². The number of nitrogens with one attached hydrogen (secondary N) is 2. The first kappa shape index (κ1) is 15.4. The van der Waals surface area contributed by atoms with Crippen LogP contribution in [0.1, 0.15) is 24.8 Å². The van der Waals surface area contributed by atoms with Crippen LogP contribution < -0.4 is 15.4 Å². The SMILES string of the molecule is C=CCOc1ccccc1CNC(=NC)NCCC1CC1. The van der Waals surface area contributed by atoms with Crippen LogP contribution in [0.2, 0.25) is 0 Å². The van der Waals surface area contributed by atoms with Gasteiger partial charge in [-0.3, -0.25) is 4.99 Å². The van der Waals surface area contributed by atoms with Gasteiger partial charge in [0.25, 0.3) is 0 Å². The van der Waals surface area contributed by atoms with Crippen LogP contribution in [0.25, 0.3) is 0 Å². The van der Waals surface area contributed by atoms with Crippen molar-refractivity contribution in [1.82, 2.24) is 10.6 Å². The van der Waals surface area contributed by atoms with Gasteiger partial charge in [-0.15, -0.1) is 0 Å². The number of benzene rings is 1. The summed E-state index contributed by atoms with van der Waals surface area (Å²) in [6, 6.07) is 8.03. The van der Waals surface area contributed by atoms with Gasteiger partial charge in [-0.1, -0.05) is 43.7 Å². The van der Waals surface area contributed by atoms with Crippen LogP contribution in [0.3, 0.4) is 0 Å². The predicted octanol–water partition coefficient (Wildman–Crippen LogP) is 2.72. The molecular formula is C17H25N3O. The number of hydrogen-bond acceptors (Lipinski definition) is 2. The Morgan fingerprint density at radius 2 is 2.19 bits per heavy atom. The lowest BCUT2D eigenvalue weighted by Crippen LogP contribution is -2.37. The number of guanidine groups is 1. The van der Waals surface area contributed by atoms with Gasteiger partial charge in [0.2, 0.25) is 0 Å². The van der Waals surface area contributed by atoms with Crippen LogP contribution in [-0.4, -0.2) is 26.2 Å². The Labute approximate surface area is 127 Å². The van der Waals surface area contributed by atoms with E-state index < -0.39 is 0 Å². The highest BCUT2D eigenvalue weighted by Crippen LogP contribution is 2.31. The van der Waals surface area contributed by atoms with Crippen molar-refractivity contribution in [2.45, 2.75) is 25.8 Å². The molecule has 0 radical (unpaired) electrons. The van der Waals surface area contributed by atoms with Gasteiger partial charge in [-0.25, -0.2) is 0 Å². The first-order chi connectivity index (χ1) is 10.3. The van der Waals surface area contributed by atoms with E-state index in [1.54, 1.807) is 13.1 Å². The van der Waals surface area contributed by atoms with Crippen molar-refractivity contribution in [3.05, 3.63) is 42.5 Å². The predicted molar refractivity (Wildman–Crippen MR) is 87.7 cm³/mol. The average Bonchev–Trinajstić information content (AvgIpc) is 3.33. The molecule has 0 spiro atoms. The first-order valence-corrected chi connectivity index (χ1v) is 7.59. The standard InChI is InChI=1S/C17H25N3O/c1-3-12-21-16-7-5-4-6-15(16)13-20-17(18-2)19-11-10-14-8-9-14/h3-7,14H,1,8-13H2,2H3,(H2,18,19,20). The van der Waals surface area contributed by atoms with Gasteiger partial charge in [-0.2, -0.15) is 0 Å². The molecule has 0 atom stereocenters. The summed E-state index contributed by atoms with van der Waals surface area (Å²) in [6.07, 6.45) is 5.77. The largest absolute Gasteiger partial charge is 0.489 e. The Balaban J connectivity index is 1.80. The van der Waals surface area contributed by atoms with Gasteiger partial charge < -0.3 is 15.4 Å². The second kappa shape index (κ2) is 8.35. The summed E-state index contributed by atoms with van der Waals surface area (Å²) in [5.74, 6) is 2.66. The van der Waals surface area contributed by atoms with Gasteiger partial charge in [0.15, 0.2) is 5.96 Å². The molecule has 0 amide bonds. The highest BCUT2D eigenvalue weighted by atomic mass is 16.5. The highest BCUT2D eigenvalue weighted by molar-refractivity contribution is 5.79. The molecule has 4 heteroatoms. The van der Waals surface area contributed by atoms with Crippen LogP contribution in [0.5, 0.6) is 5.75 Å². The molecule has 0 aliphatic heterocycles. The molecule has 4 nitrogen and oxygen atoms in total. The molecule has 2 N–H and O–H groups in total. The Bertz CT molecular complexity index is 481. The topological polar surface area (TPSA) is 45.6 Å². The van der Waals surface area contributed by atoms with E-state index >= 15 is 0 Å². The van der Waals surface area contributed by atoms with E-state index in [-0.39, 0.29) is 0 Å². The number of ether oxygens (including phenoxy) is 1. The minimum Gasteiger partial charge on any atom is -0.489 e. The average molecular weight is 287 g/mol. The molecule has 21 heavy (non-hydrogen) atoms. The molecule has 1 aliphatic rings. The zero-order valence-electron chi connectivity index (χ0n) is 12.8. The minimum atomic E-state index is 0.519. The summed E-state index contributed by atoms with van der Waals surface area (Å²) in [6.45, 7) is 5.87. The number of hydrogen-bond donors (Lipinski definition) is 2. The van der Waals surface area contributed by atoms with Crippen LogP contribution >= 0.6 is 0 Å². The number of rotatable bonds is 8. The van der Waals surface area contributed by atoms with Gasteiger partial charge >= 0.3 is 0 Å². The van der Waals surface area contributed by atoms with Gasteiger partial charge in [0.1, 0.15) is 12.4 Å². The fraction of sp³-hybridized carbons (Fsp3) is 0.471. The third-order valence-electron chi connectivity index (χ3n) is 3.54. The molecule has 1 aromatic carbocycles. The first-order valence-electron chi connectivity index (χ1n) is 7.59. The molecule has 0 heterocycles. The molecule has 2 rings (SSSR count). The quantitative estimate of drug-likeness (QED) is 0.439. The Kier molecular flexibility index (Phi) is 6.13. The van der Waals surface area contributed by atoms with E-state index in [2.05, 4.69) is 28.3 Å². The van der Waals surface area contributed by atoms with Gasteiger partial charge in [-0.05, 0) is 18.4 Å². The van der Waals surface area contributed by atoms with E-state index in [0.717, 1.165) is 29.7 Å². The summed E-state index contributed by atoms with van der Waals surface area (Å²) in [5.41, 5.74) is 1.12. The smallest absolute Gasteiger partial charge is 0.191 e. The third-order valence-corrected chi connectivity index (χ3v) is 3.54. The van der Waals surface area contributed by atoms with Crippen LogP contribution in [-0.2, 0) is 6.54 Å². The van der Waals surface area contributed by atoms with Crippen LogP contribution in [0, 0.1) is 5.92 Å². The van der Waals surface area contributed by atoms with E-state index in [1.165, 1.54) is 19.3 Å². The van der Waals surface area contributed by atoms with E-state index in [4.69, 9.17) is 4.74 Å². The number of aliphatic imine (C=N–C) groups is 1. The molecule has 1 saturated carbocycles. The lowest BCUT2D eigenvalue weighted by Gasteiger charge is -2.14. The molecule has 0 bridgehead atoms. The maximum atomic E-state index is 5.65. The second-order valence-corrected chi connectivity index (χ2v) is 5.29. The van der Waals surface area contributed by atoms with Crippen molar-refractivity contribution in [3.63, 3.8) is 0 Å². The Morgan fingerprint density at radius 1 is 1.38 bits per heavy atom. The van der Waals surface area contributed by atoms with Crippen LogP contribution in [0.15, 0.2) is 41.9 Å². The molecule has 0 unspecified atom stereocenters. The molecule has 1 aliphatic carbocycles. The van der Waals surface area contributed by atoms with Crippen molar-refractivity contribution in [2.24, 2.45) is 10.9 Å². The zero-order chi connectivity index (χ0) is 14.9. The molecule has 114 valence electrons. The third kappa shape index (κ3) is 5.50. The zero-order valence-corrected chi connectivity index (χ0v) is 12.8. The van der Waals surface area contributed by atoms with Gasteiger partial charge in [0.05, 0.1) is 0 Å². The van der Waals surface area contributed by atoms with Crippen molar-refractivity contribution in [2.75, 3.05) is 20.2 Å². The highest BCUT2D eigenvalue weighted by Gasteiger charge is 2.20. The van der Waals surface area contributed by atoms with Crippen LogP contribution in [0.4, 0.5) is 0 Å². The second-order valence-electron chi connectivity index (χ2n) is 5.29. The lowest BCUT2D eigenvalue weighted by molar-refractivity contribution is 0.358.